The molecule has 2 aliphatic rings. The monoisotopic (exact) mass is 615 g/mol. The summed E-state index contributed by atoms with van der Waals surface area (Å²) >= 11 is 0. The summed E-state index contributed by atoms with van der Waals surface area (Å²) in [6, 6.07) is 23.6. The number of hydrogen-bond acceptors (Lipinski definition) is 8. The molecule has 0 saturated carbocycles. The van der Waals surface area contributed by atoms with E-state index in [-0.39, 0.29) is 31.1 Å². The second-order valence-corrected chi connectivity index (χ2v) is 11.3. The number of carbonyl (C=O) groups excluding carboxylic acids is 1. The summed E-state index contributed by atoms with van der Waals surface area (Å²) in [5, 5.41) is 3.93. The maximum Gasteiger partial charge on any atom is 0.410 e. The van der Waals surface area contributed by atoms with E-state index in [1.807, 2.05) is 66.7 Å². The zero-order valence-corrected chi connectivity index (χ0v) is 25.9. The van der Waals surface area contributed by atoms with Crippen molar-refractivity contribution >= 4 is 11.8 Å². The summed E-state index contributed by atoms with van der Waals surface area (Å²) in [4.78, 5) is 20.4. The van der Waals surface area contributed by atoms with Gasteiger partial charge in [0.05, 0.1) is 38.6 Å². The van der Waals surface area contributed by atoms with Gasteiger partial charge in [-0.25, -0.2) is 4.79 Å². The van der Waals surface area contributed by atoms with Crippen LogP contribution in [0.2, 0.25) is 0 Å². The lowest BCUT2D eigenvalue weighted by molar-refractivity contribution is -0.0422. The quantitative estimate of drug-likeness (QED) is 0.0975. The molecule has 11 nitrogen and oxygen atoms in total. The van der Waals surface area contributed by atoms with Gasteiger partial charge in [0, 0.05) is 44.2 Å². The molecule has 0 aliphatic carbocycles. The minimum absolute atomic E-state index is 0.133. The molecule has 1 amide bonds. The molecular formula is C34H41N5O6. The predicted molar refractivity (Wildman–Crippen MR) is 171 cm³/mol. The van der Waals surface area contributed by atoms with E-state index in [2.05, 4.69) is 21.0 Å². The van der Waals surface area contributed by atoms with Crippen molar-refractivity contribution in [2.45, 2.75) is 31.7 Å². The number of likely N-dealkylation sites (tertiary alicyclic amines) is 1. The van der Waals surface area contributed by atoms with Crippen molar-refractivity contribution in [1.29, 1.82) is 0 Å². The van der Waals surface area contributed by atoms with E-state index < -0.39 is 6.09 Å². The van der Waals surface area contributed by atoms with E-state index in [1.165, 1.54) is 0 Å². The van der Waals surface area contributed by atoms with E-state index >= 15 is 0 Å². The molecule has 0 radical (unpaired) electrons. The molecule has 2 aliphatic heterocycles. The van der Waals surface area contributed by atoms with Crippen LogP contribution < -0.4 is 14.4 Å². The Bertz CT molecular complexity index is 1430. The largest absolute Gasteiger partial charge is 0.497 e. The molecule has 3 atom stereocenters. The predicted octanol–water partition coefficient (Wildman–Crippen LogP) is 6.18. The van der Waals surface area contributed by atoms with Crippen molar-refractivity contribution in [2.75, 3.05) is 65.1 Å². The van der Waals surface area contributed by atoms with Gasteiger partial charge in [-0.15, -0.1) is 0 Å². The normalized spacial score (nSPS) is 19.2. The van der Waals surface area contributed by atoms with Gasteiger partial charge < -0.3 is 33.5 Å². The molecule has 0 aromatic heterocycles. The van der Waals surface area contributed by atoms with Crippen molar-refractivity contribution in [2.24, 2.45) is 11.0 Å². The fourth-order valence-electron chi connectivity index (χ4n) is 6.09. The molecule has 2 heterocycles. The molecule has 238 valence electrons. The molecule has 0 bridgehead atoms. The number of methoxy groups -OCH3 is 2. The summed E-state index contributed by atoms with van der Waals surface area (Å²) in [6.45, 7) is 4.43. The summed E-state index contributed by atoms with van der Waals surface area (Å²) in [6.07, 6.45) is 0.107. The van der Waals surface area contributed by atoms with Gasteiger partial charge in [-0.05, 0) is 58.8 Å². The zero-order chi connectivity index (χ0) is 31.4. The van der Waals surface area contributed by atoms with Crippen LogP contribution in [0.5, 0.6) is 11.5 Å². The van der Waals surface area contributed by atoms with Crippen LogP contribution in [0.15, 0.2) is 77.9 Å². The van der Waals surface area contributed by atoms with Crippen molar-refractivity contribution in [1.82, 2.24) is 4.90 Å². The van der Waals surface area contributed by atoms with Crippen LogP contribution in [0.3, 0.4) is 0 Å². The van der Waals surface area contributed by atoms with Crippen molar-refractivity contribution in [3.8, 4) is 11.5 Å². The summed E-state index contributed by atoms with van der Waals surface area (Å²) in [5.74, 6) is 1.28. The first-order chi connectivity index (χ1) is 22.1. The fourth-order valence-corrected chi connectivity index (χ4v) is 6.09. The third kappa shape index (κ3) is 8.39. The van der Waals surface area contributed by atoms with Gasteiger partial charge in [0.25, 0.3) is 0 Å². The lowest BCUT2D eigenvalue weighted by atomic mass is 9.78. The van der Waals surface area contributed by atoms with Crippen molar-refractivity contribution < 1.29 is 28.5 Å². The van der Waals surface area contributed by atoms with E-state index in [0.29, 0.717) is 32.9 Å². The van der Waals surface area contributed by atoms with Gasteiger partial charge in [0.1, 0.15) is 24.7 Å². The number of benzene rings is 3. The number of carbonyl (C=O) groups is 1. The van der Waals surface area contributed by atoms with Gasteiger partial charge >= 0.3 is 6.09 Å². The van der Waals surface area contributed by atoms with E-state index in [4.69, 9.17) is 23.7 Å². The maximum atomic E-state index is 13.3. The molecule has 3 aromatic carbocycles. The Balaban J connectivity index is 1.37. The molecule has 3 aromatic rings. The number of ether oxygens (including phenoxy) is 5. The van der Waals surface area contributed by atoms with Crippen LogP contribution >= 0.6 is 0 Å². The minimum Gasteiger partial charge on any atom is -0.497 e. The van der Waals surface area contributed by atoms with E-state index in [0.717, 1.165) is 53.4 Å². The number of anilines is 1. The standard InChI is InChI=1S/C34H41N5O6/c1-41-17-6-15-38-16-18-43-31-14-9-26(19-30(31)38)24-44-32-22-39(34(40)45-23-25-7-4-3-5-8-25)21-28(20-36-37-35)33(32)27-10-12-29(42-2)13-11-27/h3-5,7-14,19,28,32-33H,6,15-18,20-24H2,1-2H3/t28-,32+,33+/m1/s1. The average Bonchev–Trinajstić information content (AvgIpc) is 3.09. The number of piperidine rings is 1. The lowest BCUT2D eigenvalue weighted by Crippen LogP contribution is -2.52. The van der Waals surface area contributed by atoms with E-state index in [1.54, 1.807) is 19.1 Å². The number of amides is 1. The Hall–Kier alpha value is -4.44. The Labute approximate surface area is 264 Å². The molecule has 0 spiro atoms. The number of nitrogens with zero attached hydrogens (tertiary/aromatic N) is 5. The minimum atomic E-state index is -0.427. The molecule has 1 fully saturated rings. The Morgan fingerprint density at radius 3 is 2.60 bits per heavy atom. The average molecular weight is 616 g/mol. The number of azide groups is 1. The molecule has 5 rings (SSSR count). The summed E-state index contributed by atoms with van der Waals surface area (Å²) in [7, 11) is 3.35. The first-order valence-electron chi connectivity index (χ1n) is 15.3. The van der Waals surface area contributed by atoms with Gasteiger partial charge in [-0.2, -0.15) is 0 Å². The third-order valence-electron chi connectivity index (χ3n) is 8.33. The summed E-state index contributed by atoms with van der Waals surface area (Å²) in [5.41, 5.74) is 13.2. The van der Waals surface area contributed by atoms with Gasteiger partial charge in [-0.3, -0.25) is 0 Å². The van der Waals surface area contributed by atoms with Crippen LogP contribution in [-0.4, -0.2) is 77.3 Å². The lowest BCUT2D eigenvalue weighted by Gasteiger charge is -2.43. The second kappa shape index (κ2) is 16.0. The highest BCUT2D eigenvalue weighted by atomic mass is 16.6. The highest BCUT2D eigenvalue weighted by Gasteiger charge is 2.40. The second-order valence-electron chi connectivity index (χ2n) is 11.3. The summed E-state index contributed by atoms with van der Waals surface area (Å²) < 4.78 is 29.0. The Morgan fingerprint density at radius 1 is 1.02 bits per heavy atom. The number of fused-ring (bicyclic) bond motifs is 1. The molecule has 0 N–H and O–H groups in total. The molecule has 1 saturated heterocycles. The molecular weight excluding hydrogens is 574 g/mol. The smallest absolute Gasteiger partial charge is 0.410 e. The first-order valence-corrected chi connectivity index (χ1v) is 15.3. The third-order valence-corrected chi connectivity index (χ3v) is 8.33. The Morgan fingerprint density at radius 2 is 1.84 bits per heavy atom. The van der Waals surface area contributed by atoms with Crippen LogP contribution in [0, 0.1) is 5.92 Å². The van der Waals surface area contributed by atoms with E-state index in [9.17, 15) is 10.3 Å². The van der Waals surface area contributed by atoms with Crippen LogP contribution in [0.4, 0.5) is 10.5 Å². The highest BCUT2D eigenvalue weighted by molar-refractivity contribution is 5.68. The van der Waals surface area contributed by atoms with Crippen LogP contribution in [0.25, 0.3) is 10.4 Å². The Kier molecular flexibility index (Phi) is 11.4. The van der Waals surface area contributed by atoms with Crippen LogP contribution in [0.1, 0.15) is 29.0 Å². The van der Waals surface area contributed by atoms with Crippen LogP contribution in [-0.2, 0) is 27.4 Å². The van der Waals surface area contributed by atoms with Gasteiger partial charge in [0.15, 0.2) is 0 Å². The van der Waals surface area contributed by atoms with Gasteiger partial charge in [-0.1, -0.05) is 53.6 Å². The van der Waals surface area contributed by atoms with Crippen molar-refractivity contribution in [3.05, 3.63) is 99.9 Å². The zero-order valence-electron chi connectivity index (χ0n) is 25.9. The van der Waals surface area contributed by atoms with Gasteiger partial charge in [0.2, 0.25) is 0 Å². The first kappa shape index (κ1) is 32.0. The fraction of sp³-hybridized carbons (Fsp3) is 0.441. The number of hydrogen-bond donors (Lipinski definition) is 0. The highest BCUT2D eigenvalue weighted by Crippen LogP contribution is 2.38. The van der Waals surface area contributed by atoms with Crippen molar-refractivity contribution in [3.63, 3.8) is 0 Å². The molecule has 45 heavy (non-hydrogen) atoms. The molecule has 11 heteroatoms. The number of rotatable bonds is 13. The maximum absolute atomic E-state index is 13.3. The molecule has 0 unspecified atom stereocenters. The topological polar surface area (TPSA) is 118 Å². The SMILES string of the molecule is COCCCN1CCOc2ccc(CO[C@H]3CN(C(=O)OCc4ccccc4)C[C@@H](CN=[N+]=[N-])[C@@H]3c3ccc(OC)cc3)cc21.